The fraction of sp³-hybridized carbons (Fsp3) is 0.692. The van der Waals surface area contributed by atoms with E-state index in [9.17, 15) is 5.11 Å². The van der Waals surface area contributed by atoms with E-state index in [2.05, 4.69) is 15.3 Å². The minimum absolute atomic E-state index is 0.180. The number of hydrogen-bond donors (Lipinski definition) is 2. The van der Waals surface area contributed by atoms with Crippen molar-refractivity contribution >= 4 is 5.82 Å². The summed E-state index contributed by atoms with van der Waals surface area (Å²) in [5.74, 6) is 1.47. The third-order valence-electron chi connectivity index (χ3n) is 3.47. The van der Waals surface area contributed by atoms with Crippen LogP contribution in [0.5, 0.6) is 0 Å². The van der Waals surface area contributed by atoms with Crippen LogP contribution in [0.4, 0.5) is 5.82 Å². The average molecular weight is 251 g/mol. The lowest BCUT2D eigenvalue weighted by molar-refractivity contribution is 0.145. The zero-order valence-corrected chi connectivity index (χ0v) is 11.0. The van der Waals surface area contributed by atoms with Crippen LogP contribution in [0.15, 0.2) is 6.20 Å². The van der Waals surface area contributed by atoms with Gasteiger partial charge in [-0.25, -0.2) is 4.98 Å². The van der Waals surface area contributed by atoms with Gasteiger partial charge in [-0.2, -0.15) is 0 Å². The molecule has 2 unspecified atom stereocenters. The topological polar surface area (TPSA) is 67.3 Å². The summed E-state index contributed by atoms with van der Waals surface area (Å²) in [7, 11) is 0. The Bertz CT molecular complexity index is 392. The monoisotopic (exact) mass is 251 g/mol. The van der Waals surface area contributed by atoms with Gasteiger partial charge in [0.1, 0.15) is 5.82 Å². The van der Waals surface area contributed by atoms with Crippen molar-refractivity contribution in [3.8, 4) is 0 Å². The van der Waals surface area contributed by atoms with E-state index >= 15 is 0 Å². The summed E-state index contributed by atoms with van der Waals surface area (Å²) in [6, 6.07) is 0. The fourth-order valence-electron chi connectivity index (χ4n) is 2.24. The molecule has 1 aliphatic heterocycles. The lowest BCUT2D eigenvalue weighted by Gasteiger charge is -2.21. The van der Waals surface area contributed by atoms with Gasteiger partial charge in [0.25, 0.3) is 0 Å². The Balaban J connectivity index is 1.94. The van der Waals surface area contributed by atoms with Gasteiger partial charge in [-0.1, -0.05) is 0 Å². The molecule has 0 radical (unpaired) electrons. The summed E-state index contributed by atoms with van der Waals surface area (Å²) in [6.45, 7) is 6.31. The lowest BCUT2D eigenvalue weighted by Crippen LogP contribution is -2.27. The molecule has 2 N–H and O–H groups in total. The minimum atomic E-state index is 0.180. The maximum absolute atomic E-state index is 9.46. The molecule has 1 aromatic heterocycles. The molecule has 1 saturated heterocycles. The van der Waals surface area contributed by atoms with Gasteiger partial charge in [0.05, 0.1) is 11.4 Å². The van der Waals surface area contributed by atoms with E-state index in [-0.39, 0.29) is 12.5 Å². The van der Waals surface area contributed by atoms with Crippen molar-refractivity contribution in [2.24, 2.45) is 11.8 Å². The van der Waals surface area contributed by atoms with Crippen LogP contribution in [0.2, 0.25) is 0 Å². The number of hydrogen-bond acceptors (Lipinski definition) is 5. The number of aliphatic hydroxyl groups excluding tert-OH is 1. The van der Waals surface area contributed by atoms with Crippen molar-refractivity contribution in [1.82, 2.24) is 9.97 Å². The highest BCUT2D eigenvalue weighted by Gasteiger charge is 2.25. The molecule has 0 saturated carbocycles. The normalized spacial score (nSPS) is 20.9. The van der Waals surface area contributed by atoms with Gasteiger partial charge in [-0.3, -0.25) is 4.98 Å². The number of nitrogens with one attached hydrogen (secondary N) is 1. The van der Waals surface area contributed by atoms with Gasteiger partial charge in [-0.15, -0.1) is 0 Å². The van der Waals surface area contributed by atoms with E-state index in [4.69, 9.17) is 4.74 Å². The van der Waals surface area contributed by atoms with Crippen molar-refractivity contribution in [2.45, 2.75) is 20.3 Å². The summed E-state index contributed by atoms with van der Waals surface area (Å²) >= 11 is 0. The van der Waals surface area contributed by atoms with Crippen molar-refractivity contribution in [2.75, 3.05) is 31.7 Å². The highest BCUT2D eigenvalue weighted by Crippen LogP contribution is 2.22. The number of aromatic nitrogens is 2. The van der Waals surface area contributed by atoms with Crippen LogP contribution in [-0.2, 0) is 4.74 Å². The summed E-state index contributed by atoms with van der Waals surface area (Å²) in [4.78, 5) is 8.69. The van der Waals surface area contributed by atoms with Gasteiger partial charge in [0, 0.05) is 38.5 Å². The molecule has 1 aliphatic rings. The highest BCUT2D eigenvalue weighted by molar-refractivity contribution is 5.39. The summed E-state index contributed by atoms with van der Waals surface area (Å²) in [5, 5.41) is 12.7. The molecule has 0 aliphatic carbocycles. The maximum atomic E-state index is 9.46. The fourth-order valence-corrected chi connectivity index (χ4v) is 2.24. The molecule has 0 spiro atoms. The van der Waals surface area contributed by atoms with Crippen LogP contribution >= 0.6 is 0 Å². The second kappa shape index (κ2) is 6.11. The van der Waals surface area contributed by atoms with Crippen LogP contribution < -0.4 is 5.32 Å². The van der Waals surface area contributed by atoms with Crippen molar-refractivity contribution < 1.29 is 9.84 Å². The van der Waals surface area contributed by atoms with Crippen LogP contribution in [0.1, 0.15) is 17.8 Å². The molecule has 0 amide bonds. The Labute approximate surface area is 108 Å². The first kappa shape index (κ1) is 13.2. The highest BCUT2D eigenvalue weighted by atomic mass is 16.5. The summed E-state index contributed by atoms with van der Waals surface area (Å²) in [5.41, 5.74) is 1.79. The average Bonchev–Trinajstić information content (AvgIpc) is 2.88. The Morgan fingerprint density at radius 1 is 1.56 bits per heavy atom. The van der Waals surface area contributed by atoms with E-state index < -0.39 is 0 Å². The zero-order chi connectivity index (χ0) is 13.0. The standard InChI is InChI=1S/C13H21N3O2/c1-9-5-14-10(2)13(16-9)15-6-12(7-17)11-3-4-18-8-11/h5,11-12,17H,3-4,6-8H2,1-2H3,(H,15,16). The number of aliphatic hydroxyl groups is 1. The molecule has 0 bridgehead atoms. The Hall–Kier alpha value is -1.20. The van der Waals surface area contributed by atoms with E-state index in [1.807, 2.05) is 13.8 Å². The van der Waals surface area contributed by atoms with Gasteiger partial charge < -0.3 is 15.2 Å². The van der Waals surface area contributed by atoms with Crippen molar-refractivity contribution in [3.63, 3.8) is 0 Å². The third kappa shape index (κ3) is 3.17. The van der Waals surface area contributed by atoms with Crippen LogP contribution in [0.3, 0.4) is 0 Å². The SMILES string of the molecule is Cc1cnc(C)c(NCC(CO)C2CCOC2)n1. The predicted octanol–water partition coefficient (Wildman–Crippen LogP) is 1.15. The van der Waals surface area contributed by atoms with Crippen molar-refractivity contribution in [1.29, 1.82) is 0 Å². The number of nitrogens with zero attached hydrogens (tertiary/aromatic N) is 2. The molecular formula is C13H21N3O2. The first-order chi connectivity index (χ1) is 8.70. The van der Waals surface area contributed by atoms with Gasteiger partial charge in [-0.05, 0) is 26.2 Å². The first-order valence-electron chi connectivity index (χ1n) is 6.43. The quantitative estimate of drug-likeness (QED) is 0.821. The molecule has 100 valence electrons. The van der Waals surface area contributed by atoms with E-state index in [0.717, 1.165) is 36.8 Å². The number of anilines is 1. The molecule has 2 heterocycles. The lowest BCUT2D eigenvalue weighted by atomic mass is 9.92. The zero-order valence-electron chi connectivity index (χ0n) is 11.0. The predicted molar refractivity (Wildman–Crippen MR) is 69.5 cm³/mol. The Kier molecular flexibility index (Phi) is 4.49. The number of ether oxygens (including phenoxy) is 1. The van der Waals surface area contributed by atoms with Crippen LogP contribution in [0, 0.1) is 25.7 Å². The molecular weight excluding hydrogens is 230 g/mol. The smallest absolute Gasteiger partial charge is 0.147 e. The number of rotatable bonds is 5. The van der Waals surface area contributed by atoms with E-state index in [1.54, 1.807) is 6.20 Å². The minimum Gasteiger partial charge on any atom is -0.396 e. The second-order valence-electron chi connectivity index (χ2n) is 4.89. The second-order valence-corrected chi connectivity index (χ2v) is 4.89. The molecule has 0 aromatic carbocycles. The molecule has 1 fully saturated rings. The molecule has 5 heteroatoms. The third-order valence-corrected chi connectivity index (χ3v) is 3.47. The van der Waals surface area contributed by atoms with Crippen LogP contribution in [0.25, 0.3) is 0 Å². The van der Waals surface area contributed by atoms with Crippen LogP contribution in [-0.4, -0.2) is 41.4 Å². The van der Waals surface area contributed by atoms with Gasteiger partial charge >= 0.3 is 0 Å². The Morgan fingerprint density at radius 3 is 3.06 bits per heavy atom. The van der Waals surface area contributed by atoms with Gasteiger partial charge in [0.2, 0.25) is 0 Å². The summed E-state index contributed by atoms with van der Waals surface area (Å²) < 4.78 is 5.37. The van der Waals surface area contributed by atoms with E-state index in [1.165, 1.54) is 0 Å². The van der Waals surface area contributed by atoms with Crippen molar-refractivity contribution in [3.05, 3.63) is 17.6 Å². The van der Waals surface area contributed by atoms with E-state index in [0.29, 0.717) is 12.5 Å². The number of aryl methyl sites for hydroxylation is 2. The maximum Gasteiger partial charge on any atom is 0.147 e. The molecule has 2 atom stereocenters. The first-order valence-corrected chi connectivity index (χ1v) is 6.43. The summed E-state index contributed by atoms with van der Waals surface area (Å²) in [6.07, 6.45) is 2.79. The van der Waals surface area contributed by atoms with Gasteiger partial charge in [0.15, 0.2) is 0 Å². The molecule has 2 rings (SSSR count). The molecule has 5 nitrogen and oxygen atoms in total. The Morgan fingerprint density at radius 2 is 2.39 bits per heavy atom. The largest absolute Gasteiger partial charge is 0.396 e. The molecule has 1 aromatic rings. The molecule has 18 heavy (non-hydrogen) atoms.